The van der Waals surface area contributed by atoms with Crippen LogP contribution in [-0.4, -0.2) is 37.9 Å². The Bertz CT molecular complexity index is 1420. The second-order valence-corrected chi connectivity index (χ2v) is 11.7. The molecule has 0 spiro atoms. The van der Waals surface area contributed by atoms with Gasteiger partial charge in [-0.2, -0.15) is 13.2 Å². The number of aryl methyl sites for hydroxylation is 1. The summed E-state index contributed by atoms with van der Waals surface area (Å²) in [4.78, 5) is 15.0. The zero-order chi connectivity index (χ0) is 27.6. The Morgan fingerprint density at radius 2 is 1.95 bits per heavy atom. The second-order valence-electron chi connectivity index (χ2n) is 11.7. The van der Waals surface area contributed by atoms with Crippen LogP contribution in [0.4, 0.5) is 18.9 Å². The van der Waals surface area contributed by atoms with E-state index < -0.39 is 23.1 Å². The number of benzene rings is 2. The smallest absolute Gasteiger partial charge is 0.396 e. The molecule has 0 unspecified atom stereocenters. The highest BCUT2D eigenvalue weighted by Crippen LogP contribution is 2.52. The molecule has 0 bridgehead atoms. The van der Waals surface area contributed by atoms with Crippen LogP contribution in [0.5, 0.6) is 0 Å². The van der Waals surface area contributed by atoms with Crippen LogP contribution in [0.2, 0.25) is 0 Å². The molecule has 206 valence electrons. The fraction of sp³-hybridized carbons (Fsp3) is 0.483. The number of nitrogens with one attached hydrogen (secondary N) is 1. The Hall–Kier alpha value is -3.24. The first-order valence-electron chi connectivity index (χ1n) is 13.4. The fourth-order valence-corrected chi connectivity index (χ4v) is 6.52. The predicted octanol–water partition coefficient (Wildman–Crippen LogP) is 4.71. The summed E-state index contributed by atoms with van der Waals surface area (Å²) in [7, 11) is 1.87. The van der Waals surface area contributed by atoms with E-state index in [1.807, 2.05) is 29.8 Å². The van der Waals surface area contributed by atoms with Gasteiger partial charge in [0.1, 0.15) is 12.2 Å². The van der Waals surface area contributed by atoms with Gasteiger partial charge < -0.3 is 19.9 Å². The van der Waals surface area contributed by atoms with Crippen molar-refractivity contribution < 1.29 is 23.1 Å². The highest BCUT2D eigenvalue weighted by molar-refractivity contribution is 6.10. The van der Waals surface area contributed by atoms with E-state index in [1.165, 1.54) is 11.0 Å². The molecule has 0 atom stereocenters. The number of aliphatic hydroxyl groups is 1. The average molecular weight is 540 g/mol. The van der Waals surface area contributed by atoms with E-state index in [4.69, 9.17) is 0 Å². The summed E-state index contributed by atoms with van der Waals surface area (Å²) in [6.07, 6.45) is 1.47. The van der Waals surface area contributed by atoms with Crippen LogP contribution in [0, 0.1) is 5.92 Å². The molecule has 2 N–H and O–H groups in total. The number of amides is 1. The Kier molecular flexibility index (Phi) is 6.11. The molecule has 2 fully saturated rings. The molecule has 1 aromatic heterocycles. The Balaban J connectivity index is 1.34. The highest BCUT2D eigenvalue weighted by atomic mass is 19.4. The Labute approximate surface area is 225 Å². The van der Waals surface area contributed by atoms with E-state index in [-0.39, 0.29) is 42.3 Å². The number of nitrogens with zero attached hydrogens (tertiary/aromatic N) is 4. The summed E-state index contributed by atoms with van der Waals surface area (Å²) in [6.45, 7) is 2.28. The van der Waals surface area contributed by atoms with Crippen molar-refractivity contribution in [3.63, 3.8) is 0 Å². The van der Waals surface area contributed by atoms with Crippen LogP contribution < -0.4 is 10.2 Å². The molecule has 3 aliphatic rings. The molecule has 1 amide bonds. The molecule has 39 heavy (non-hydrogen) atoms. The lowest BCUT2D eigenvalue weighted by Gasteiger charge is -2.46. The first-order chi connectivity index (χ1) is 18.5. The summed E-state index contributed by atoms with van der Waals surface area (Å²) in [6, 6.07) is 10.2. The molecule has 2 saturated carbocycles. The number of rotatable bonds is 7. The topological polar surface area (TPSA) is 83.3 Å². The number of halogens is 3. The van der Waals surface area contributed by atoms with E-state index in [2.05, 4.69) is 22.4 Å². The molecule has 1 aliphatic heterocycles. The molecule has 2 heterocycles. The summed E-state index contributed by atoms with van der Waals surface area (Å²) in [5.74, 6) is 0.447. The van der Waals surface area contributed by atoms with Crippen LogP contribution in [0.3, 0.4) is 0 Å². The number of carbonyl (C=O) groups excluding carboxylic acids is 1. The van der Waals surface area contributed by atoms with Gasteiger partial charge in [-0.15, -0.1) is 10.2 Å². The predicted molar refractivity (Wildman–Crippen MR) is 139 cm³/mol. The van der Waals surface area contributed by atoms with Gasteiger partial charge in [-0.1, -0.05) is 12.1 Å². The first kappa shape index (κ1) is 26.0. The van der Waals surface area contributed by atoms with Crippen LogP contribution in [0.1, 0.15) is 77.5 Å². The third-order valence-corrected chi connectivity index (χ3v) is 8.97. The van der Waals surface area contributed by atoms with Crippen LogP contribution in [0.15, 0.2) is 42.7 Å². The zero-order valence-electron chi connectivity index (χ0n) is 22.1. The maximum absolute atomic E-state index is 14.2. The van der Waals surface area contributed by atoms with Crippen molar-refractivity contribution in [2.45, 2.75) is 69.2 Å². The number of hydrogen-bond donors (Lipinski definition) is 2. The van der Waals surface area contributed by atoms with E-state index in [0.717, 1.165) is 30.7 Å². The van der Waals surface area contributed by atoms with E-state index in [9.17, 15) is 23.1 Å². The molecule has 3 aromatic rings. The molecule has 0 saturated heterocycles. The lowest BCUT2D eigenvalue weighted by Crippen LogP contribution is -2.47. The Morgan fingerprint density at radius 3 is 2.56 bits per heavy atom. The lowest BCUT2D eigenvalue weighted by atomic mass is 9.58. The fourth-order valence-electron chi connectivity index (χ4n) is 6.52. The van der Waals surface area contributed by atoms with Crippen molar-refractivity contribution in [2.75, 3.05) is 11.5 Å². The van der Waals surface area contributed by atoms with E-state index >= 15 is 0 Å². The molecule has 2 aromatic carbocycles. The van der Waals surface area contributed by atoms with Crippen molar-refractivity contribution in [3.05, 3.63) is 76.4 Å². The van der Waals surface area contributed by atoms with Gasteiger partial charge >= 0.3 is 6.18 Å². The van der Waals surface area contributed by atoms with Gasteiger partial charge in [0.05, 0.1) is 17.5 Å². The standard InChI is InChI=1S/C29H32F3N5O2/c1-27(7-4-8-27)33-14-18-9-22-23(24(10-18)29(30,31)32)15-37(25(22)39)21-6-3-5-20(11-21)28(12-19(13-28)16-38)26-35-34-17-36(26)2/h3,5-6,9-11,17,19,33,38H,4,7-8,12-16H2,1-2H3. The molecule has 0 radical (unpaired) electrons. The number of anilines is 1. The SMILES string of the molecule is Cn1cnnc1C1(c2cccc(N3Cc4c(cc(CNC5(C)CCC5)cc4C(F)(F)F)C3=O)c2)CC(CO)C1. The number of fused-ring (bicyclic) bond motifs is 1. The van der Waals surface area contributed by atoms with Crippen LogP contribution in [-0.2, 0) is 31.7 Å². The van der Waals surface area contributed by atoms with E-state index in [0.29, 0.717) is 24.1 Å². The summed E-state index contributed by atoms with van der Waals surface area (Å²) < 4.78 is 44.4. The number of hydrogen-bond acceptors (Lipinski definition) is 5. The average Bonchev–Trinajstić information content (AvgIpc) is 3.44. The quantitative estimate of drug-likeness (QED) is 0.454. The third kappa shape index (κ3) is 4.34. The maximum atomic E-state index is 14.2. The molecular weight excluding hydrogens is 507 g/mol. The minimum atomic E-state index is -4.57. The molecule has 7 nitrogen and oxygen atoms in total. The summed E-state index contributed by atoms with van der Waals surface area (Å²) in [5, 5.41) is 21.5. The monoisotopic (exact) mass is 539 g/mol. The minimum Gasteiger partial charge on any atom is -0.396 e. The van der Waals surface area contributed by atoms with Gasteiger partial charge in [-0.3, -0.25) is 4.79 Å². The maximum Gasteiger partial charge on any atom is 0.416 e. The van der Waals surface area contributed by atoms with E-state index in [1.54, 1.807) is 18.5 Å². The largest absolute Gasteiger partial charge is 0.416 e. The molecular formula is C29H32F3N5O2. The van der Waals surface area contributed by atoms with Gasteiger partial charge in [0, 0.05) is 37.0 Å². The van der Waals surface area contributed by atoms with Crippen LogP contribution in [0.25, 0.3) is 0 Å². The summed E-state index contributed by atoms with van der Waals surface area (Å²) in [5.41, 5.74) is 0.728. The van der Waals surface area contributed by atoms with Gasteiger partial charge in [0.25, 0.3) is 5.91 Å². The van der Waals surface area contributed by atoms with Gasteiger partial charge in [-0.05, 0) is 85.9 Å². The van der Waals surface area contributed by atoms with Crippen LogP contribution >= 0.6 is 0 Å². The molecule has 2 aliphatic carbocycles. The van der Waals surface area contributed by atoms with Gasteiger partial charge in [0.15, 0.2) is 0 Å². The number of aliphatic hydroxyl groups excluding tert-OH is 1. The number of alkyl halides is 3. The lowest BCUT2D eigenvalue weighted by molar-refractivity contribution is -0.138. The number of aromatic nitrogens is 3. The molecule has 10 heteroatoms. The highest BCUT2D eigenvalue weighted by Gasteiger charge is 2.50. The van der Waals surface area contributed by atoms with Crippen molar-refractivity contribution >= 4 is 11.6 Å². The first-order valence-corrected chi connectivity index (χ1v) is 13.4. The third-order valence-electron chi connectivity index (χ3n) is 8.97. The molecule has 6 rings (SSSR count). The summed E-state index contributed by atoms with van der Waals surface area (Å²) >= 11 is 0. The number of carbonyl (C=O) groups is 1. The zero-order valence-corrected chi connectivity index (χ0v) is 22.1. The Morgan fingerprint density at radius 1 is 1.18 bits per heavy atom. The van der Waals surface area contributed by atoms with Crippen molar-refractivity contribution in [1.29, 1.82) is 0 Å². The minimum absolute atomic E-state index is 0.0171. The van der Waals surface area contributed by atoms with Gasteiger partial charge in [0.2, 0.25) is 0 Å². The normalized spacial score (nSPS) is 23.9. The van der Waals surface area contributed by atoms with Crippen molar-refractivity contribution in [3.8, 4) is 0 Å². The second kappa shape index (κ2) is 9.16. The van der Waals surface area contributed by atoms with Crippen molar-refractivity contribution in [1.82, 2.24) is 20.1 Å². The van der Waals surface area contributed by atoms with Crippen molar-refractivity contribution in [2.24, 2.45) is 13.0 Å². The van der Waals surface area contributed by atoms with Gasteiger partial charge in [-0.25, -0.2) is 0 Å².